The van der Waals surface area contributed by atoms with Gasteiger partial charge in [-0.05, 0) is 31.5 Å². The molecule has 2 aromatic rings. The average Bonchev–Trinajstić information content (AvgIpc) is 2.94. The van der Waals surface area contributed by atoms with Gasteiger partial charge in [-0.2, -0.15) is 4.98 Å². The fourth-order valence-corrected chi connectivity index (χ4v) is 3.21. The van der Waals surface area contributed by atoms with Crippen molar-refractivity contribution < 1.29 is 0 Å². The molecule has 0 bridgehead atoms. The Hall–Kier alpha value is -1.01. The smallest absolute Gasteiger partial charge is 0.213 e. The number of hydrogen-bond donors (Lipinski definition) is 2. The van der Waals surface area contributed by atoms with Crippen LogP contribution < -0.4 is 0 Å². The van der Waals surface area contributed by atoms with E-state index in [2.05, 4.69) is 22.1 Å². The van der Waals surface area contributed by atoms with Gasteiger partial charge in [0.05, 0.1) is 15.6 Å². The van der Waals surface area contributed by atoms with E-state index >= 15 is 0 Å². The molecular weight excluding hydrogens is 252 g/mol. The second-order valence-corrected chi connectivity index (χ2v) is 5.79. The highest BCUT2D eigenvalue weighted by atomic mass is 32.1. The maximum atomic E-state index is 5.00. The Morgan fingerprint density at radius 3 is 2.76 bits per heavy atom. The van der Waals surface area contributed by atoms with Crippen molar-refractivity contribution >= 4 is 23.6 Å². The molecular formula is C11H14N4S2. The van der Waals surface area contributed by atoms with Gasteiger partial charge in [0.2, 0.25) is 4.77 Å². The first-order valence-electron chi connectivity index (χ1n) is 5.92. The van der Waals surface area contributed by atoms with Crippen LogP contribution in [0.3, 0.4) is 0 Å². The lowest BCUT2D eigenvalue weighted by Gasteiger charge is -1.95. The number of rotatable bonds is 4. The van der Waals surface area contributed by atoms with Crippen molar-refractivity contribution in [2.45, 2.75) is 38.5 Å². The van der Waals surface area contributed by atoms with Gasteiger partial charge >= 0.3 is 0 Å². The van der Waals surface area contributed by atoms with Crippen LogP contribution in [0.15, 0.2) is 0 Å². The van der Waals surface area contributed by atoms with E-state index in [1.807, 2.05) is 0 Å². The quantitative estimate of drug-likeness (QED) is 0.834. The fourth-order valence-electron chi connectivity index (χ4n) is 1.84. The number of thiazole rings is 1. The Balaban J connectivity index is 2.03. The SMILES string of the molecule is CCCc1nc(C2CC2)sc1-c1nc(=S)[nH][nH]1. The van der Waals surface area contributed by atoms with Crippen molar-refractivity contribution in [2.24, 2.45) is 0 Å². The normalized spacial score (nSPS) is 15.4. The fraction of sp³-hybridized carbons (Fsp3) is 0.545. The van der Waals surface area contributed by atoms with E-state index in [-0.39, 0.29) is 0 Å². The van der Waals surface area contributed by atoms with Gasteiger partial charge in [0.15, 0.2) is 5.82 Å². The molecule has 0 amide bonds. The molecule has 0 atom stereocenters. The molecule has 1 saturated carbocycles. The molecule has 2 aromatic heterocycles. The molecule has 1 aliphatic rings. The predicted molar refractivity (Wildman–Crippen MR) is 70.9 cm³/mol. The van der Waals surface area contributed by atoms with Gasteiger partial charge in [-0.3, -0.25) is 10.2 Å². The molecule has 0 aliphatic heterocycles. The molecule has 3 rings (SSSR count). The van der Waals surface area contributed by atoms with Crippen LogP contribution in [-0.4, -0.2) is 20.2 Å². The Labute approximate surface area is 109 Å². The zero-order valence-electron chi connectivity index (χ0n) is 9.62. The topological polar surface area (TPSA) is 57.4 Å². The van der Waals surface area contributed by atoms with E-state index in [1.165, 1.54) is 17.8 Å². The molecule has 1 fully saturated rings. The molecule has 0 radical (unpaired) electrons. The number of aromatic amines is 2. The Bertz CT molecular complexity index is 576. The summed E-state index contributed by atoms with van der Waals surface area (Å²) in [5.41, 5.74) is 1.16. The minimum absolute atomic E-state index is 0.504. The molecule has 0 spiro atoms. The molecule has 1 aliphatic carbocycles. The third-order valence-electron chi connectivity index (χ3n) is 2.84. The molecule has 2 N–H and O–H groups in total. The van der Waals surface area contributed by atoms with Crippen molar-refractivity contribution in [3.63, 3.8) is 0 Å². The Kier molecular flexibility index (Phi) is 2.84. The number of nitrogens with zero attached hydrogens (tertiary/aromatic N) is 2. The molecule has 4 nitrogen and oxygen atoms in total. The summed E-state index contributed by atoms with van der Waals surface area (Å²) in [5, 5.41) is 7.14. The van der Waals surface area contributed by atoms with Crippen molar-refractivity contribution in [1.82, 2.24) is 20.2 Å². The zero-order valence-corrected chi connectivity index (χ0v) is 11.2. The summed E-state index contributed by atoms with van der Waals surface area (Å²) in [7, 11) is 0. The number of aromatic nitrogens is 4. The molecule has 2 heterocycles. The summed E-state index contributed by atoms with van der Waals surface area (Å²) in [5.74, 6) is 1.54. The molecule has 90 valence electrons. The number of hydrogen-bond acceptors (Lipinski definition) is 4. The minimum Gasteiger partial charge on any atom is -0.281 e. The van der Waals surface area contributed by atoms with Crippen molar-refractivity contribution in [2.75, 3.05) is 0 Å². The van der Waals surface area contributed by atoms with Gasteiger partial charge in [0.25, 0.3) is 0 Å². The second-order valence-electron chi connectivity index (χ2n) is 4.37. The molecule has 0 saturated heterocycles. The standard InChI is InChI=1S/C11H14N4S2/c1-2-3-7-8(9-13-11(16)15-14-9)17-10(12-7)6-4-5-6/h6H,2-5H2,1H3,(H2,13,14,15,16). The maximum Gasteiger partial charge on any atom is 0.213 e. The van der Waals surface area contributed by atoms with Crippen LogP contribution >= 0.6 is 23.6 Å². The lowest BCUT2D eigenvalue weighted by Crippen LogP contribution is -1.88. The lowest BCUT2D eigenvalue weighted by atomic mass is 10.2. The van der Waals surface area contributed by atoms with Crippen LogP contribution in [0, 0.1) is 4.77 Å². The monoisotopic (exact) mass is 266 g/mol. The van der Waals surface area contributed by atoms with E-state index < -0.39 is 0 Å². The van der Waals surface area contributed by atoms with E-state index in [0.717, 1.165) is 29.2 Å². The highest BCUT2D eigenvalue weighted by Crippen LogP contribution is 2.44. The van der Waals surface area contributed by atoms with Gasteiger partial charge in [0.1, 0.15) is 0 Å². The Morgan fingerprint density at radius 1 is 1.35 bits per heavy atom. The van der Waals surface area contributed by atoms with E-state index in [0.29, 0.717) is 10.7 Å². The summed E-state index contributed by atoms with van der Waals surface area (Å²) in [6, 6.07) is 0. The number of H-pyrrole nitrogens is 2. The van der Waals surface area contributed by atoms with Crippen LogP contribution in [0.1, 0.15) is 42.8 Å². The van der Waals surface area contributed by atoms with Crippen LogP contribution in [0.2, 0.25) is 0 Å². The van der Waals surface area contributed by atoms with Crippen LogP contribution in [0.4, 0.5) is 0 Å². The summed E-state index contributed by atoms with van der Waals surface area (Å²) in [6.45, 7) is 2.17. The van der Waals surface area contributed by atoms with E-state index in [4.69, 9.17) is 17.2 Å². The highest BCUT2D eigenvalue weighted by Gasteiger charge is 2.28. The van der Waals surface area contributed by atoms with Gasteiger partial charge in [0, 0.05) is 5.92 Å². The van der Waals surface area contributed by atoms with Crippen LogP contribution in [0.25, 0.3) is 10.7 Å². The second kappa shape index (κ2) is 4.34. The van der Waals surface area contributed by atoms with Crippen molar-refractivity contribution in [3.8, 4) is 10.7 Å². The third-order valence-corrected chi connectivity index (χ3v) is 4.30. The van der Waals surface area contributed by atoms with E-state index in [1.54, 1.807) is 11.3 Å². The van der Waals surface area contributed by atoms with Crippen LogP contribution in [0.5, 0.6) is 0 Å². The first-order valence-corrected chi connectivity index (χ1v) is 7.15. The number of nitrogens with one attached hydrogen (secondary N) is 2. The minimum atomic E-state index is 0.504. The molecule has 17 heavy (non-hydrogen) atoms. The maximum absolute atomic E-state index is 5.00. The predicted octanol–water partition coefficient (Wildman–Crippen LogP) is 3.42. The largest absolute Gasteiger partial charge is 0.281 e. The van der Waals surface area contributed by atoms with Gasteiger partial charge in [-0.1, -0.05) is 13.3 Å². The van der Waals surface area contributed by atoms with Crippen molar-refractivity contribution in [1.29, 1.82) is 0 Å². The third kappa shape index (κ3) is 2.19. The molecule has 6 heteroatoms. The highest BCUT2D eigenvalue weighted by molar-refractivity contribution is 7.71. The first kappa shape index (κ1) is 11.1. The van der Waals surface area contributed by atoms with Gasteiger partial charge in [-0.25, -0.2) is 4.98 Å². The Morgan fingerprint density at radius 2 is 2.18 bits per heavy atom. The van der Waals surface area contributed by atoms with Gasteiger partial charge in [-0.15, -0.1) is 11.3 Å². The summed E-state index contributed by atoms with van der Waals surface area (Å²) >= 11 is 6.76. The average molecular weight is 266 g/mol. The summed E-state index contributed by atoms with van der Waals surface area (Å²) < 4.78 is 0.504. The summed E-state index contributed by atoms with van der Waals surface area (Å²) in [4.78, 5) is 10.2. The molecule has 0 aromatic carbocycles. The number of aryl methyl sites for hydroxylation is 1. The zero-order chi connectivity index (χ0) is 11.8. The first-order chi connectivity index (χ1) is 8.28. The van der Waals surface area contributed by atoms with E-state index in [9.17, 15) is 0 Å². The van der Waals surface area contributed by atoms with Crippen molar-refractivity contribution in [3.05, 3.63) is 15.5 Å². The van der Waals surface area contributed by atoms with Crippen LogP contribution in [-0.2, 0) is 6.42 Å². The molecule has 0 unspecified atom stereocenters. The summed E-state index contributed by atoms with van der Waals surface area (Å²) in [6.07, 6.45) is 4.68. The lowest BCUT2D eigenvalue weighted by molar-refractivity contribution is 0.879. The van der Waals surface area contributed by atoms with Gasteiger partial charge < -0.3 is 0 Å².